The van der Waals surface area contributed by atoms with Crippen molar-refractivity contribution >= 4 is 0 Å². The van der Waals surface area contributed by atoms with Crippen molar-refractivity contribution in [1.29, 1.82) is 0 Å². The summed E-state index contributed by atoms with van der Waals surface area (Å²) in [5.41, 5.74) is 1.80. The molecule has 1 aromatic heterocycles. The van der Waals surface area contributed by atoms with Gasteiger partial charge >= 0.3 is 0 Å². The van der Waals surface area contributed by atoms with E-state index in [1.165, 1.54) is 0 Å². The number of aromatic nitrogens is 1. The van der Waals surface area contributed by atoms with Crippen molar-refractivity contribution in [2.75, 3.05) is 27.3 Å². The van der Waals surface area contributed by atoms with Crippen LogP contribution in [0.5, 0.6) is 0 Å². The first-order chi connectivity index (χ1) is 9.69. The zero-order valence-electron chi connectivity index (χ0n) is 11.8. The van der Waals surface area contributed by atoms with E-state index >= 15 is 0 Å². The molecule has 1 atom stereocenters. The summed E-state index contributed by atoms with van der Waals surface area (Å²) >= 11 is 0. The van der Waals surface area contributed by atoms with Gasteiger partial charge in [-0.2, -0.15) is 0 Å². The highest BCUT2D eigenvalue weighted by molar-refractivity contribution is 5.52. The molecule has 108 valence electrons. The lowest BCUT2D eigenvalue weighted by Crippen LogP contribution is -2.31. The molecule has 0 aliphatic carbocycles. The molecule has 5 nitrogen and oxygen atoms in total. The molecule has 0 aliphatic rings. The van der Waals surface area contributed by atoms with E-state index < -0.39 is 6.10 Å². The van der Waals surface area contributed by atoms with Crippen LogP contribution in [0.3, 0.4) is 0 Å². The maximum absolute atomic E-state index is 9.67. The molecule has 1 heterocycles. The first kappa shape index (κ1) is 14.7. The van der Waals surface area contributed by atoms with Crippen LogP contribution in [0.4, 0.5) is 0 Å². The van der Waals surface area contributed by atoms with Crippen molar-refractivity contribution in [3.05, 3.63) is 42.3 Å². The third kappa shape index (κ3) is 4.16. The van der Waals surface area contributed by atoms with Gasteiger partial charge in [-0.1, -0.05) is 18.2 Å². The molecular formula is C15H20N2O3. The van der Waals surface area contributed by atoms with E-state index in [1.54, 1.807) is 13.4 Å². The monoisotopic (exact) mass is 276 g/mol. The largest absolute Gasteiger partial charge is 0.444 e. The second kappa shape index (κ2) is 7.19. The second-order valence-corrected chi connectivity index (χ2v) is 4.82. The lowest BCUT2D eigenvalue weighted by molar-refractivity contribution is 0.0416. The van der Waals surface area contributed by atoms with Crippen LogP contribution in [0.2, 0.25) is 0 Å². The Morgan fingerprint density at radius 3 is 2.80 bits per heavy atom. The predicted octanol–water partition coefficient (Wildman–Crippen LogP) is 1.78. The van der Waals surface area contributed by atoms with Crippen LogP contribution in [-0.2, 0) is 11.3 Å². The van der Waals surface area contributed by atoms with Gasteiger partial charge in [0.2, 0.25) is 5.89 Å². The van der Waals surface area contributed by atoms with Gasteiger partial charge in [-0.05, 0) is 19.2 Å². The highest BCUT2D eigenvalue weighted by Crippen LogP contribution is 2.18. The number of rotatable bonds is 7. The maximum Gasteiger partial charge on any atom is 0.226 e. The van der Waals surface area contributed by atoms with Gasteiger partial charge in [-0.3, -0.25) is 4.90 Å². The number of ether oxygens (including phenoxy) is 1. The minimum atomic E-state index is -0.495. The van der Waals surface area contributed by atoms with Gasteiger partial charge in [-0.25, -0.2) is 4.98 Å². The average Bonchev–Trinajstić information content (AvgIpc) is 2.88. The Kier molecular flexibility index (Phi) is 5.29. The fourth-order valence-electron chi connectivity index (χ4n) is 2.04. The summed E-state index contributed by atoms with van der Waals surface area (Å²) in [6.45, 7) is 1.48. The van der Waals surface area contributed by atoms with Crippen LogP contribution >= 0.6 is 0 Å². The number of aliphatic hydroxyl groups excluding tert-OH is 1. The quantitative estimate of drug-likeness (QED) is 0.835. The molecule has 5 heteroatoms. The number of benzene rings is 1. The minimum Gasteiger partial charge on any atom is -0.444 e. The molecular weight excluding hydrogens is 256 g/mol. The Bertz CT molecular complexity index is 513. The summed E-state index contributed by atoms with van der Waals surface area (Å²) < 4.78 is 10.4. The molecule has 20 heavy (non-hydrogen) atoms. The van der Waals surface area contributed by atoms with Crippen LogP contribution < -0.4 is 0 Å². The molecule has 0 saturated carbocycles. The van der Waals surface area contributed by atoms with Crippen molar-refractivity contribution in [3.8, 4) is 11.5 Å². The van der Waals surface area contributed by atoms with Gasteiger partial charge in [0, 0.05) is 25.8 Å². The van der Waals surface area contributed by atoms with Crippen LogP contribution in [0.1, 0.15) is 5.69 Å². The third-order valence-corrected chi connectivity index (χ3v) is 2.89. The molecule has 0 fully saturated rings. The number of oxazole rings is 1. The van der Waals surface area contributed by atoms with Gasteiger partial charge in [0.1, 0.15) is 6.26 Å². The van der Waals surface area contributed by atoms with Crippen molar-refractivity contribution in [2.45, 2.75) is 12.6 Å². The summed E-state index contributed by atoms with van der Waals surface area (Å²) in [6.07, 6.45) is 1.16. The van der Waals surface area contributed by atoms with E-state index in [4.69, 9.17) is 9.15 Å². The Labute approximate surface area is 118 Å². The van der Waals surface area contributed by atoms with Gasteiger partial charge in [-0.15, -0.1) is 0 Å². The molecule has 0 spiro atoms. The molecule has 0 radical (unpaired) electrons. The molecule has 1 unspecified atom stereocenters. The molecule has 0 bridgehead atoms. The highest BCUT2D eigenvalue weighted by Gasteiger charge is 2.11. The van der Waals surface area contributed by atoms with Crippen LogP contribution in [0.25, 0.3) is 11.5 Å². The van der Waals surface area contributed by atoms with Crippen LogP contribution in [0.15, 0.2) is 41.0 Å². The normalized spacial score (nSPS) is 12.8. The van der Waals surface area contributed by atoms with Crippen LogP contribution in [0, 0.1) is 0 Å². The molecule has 0 saturated heterocycles. The Morgan fingerprint density at radius 1 is 1.35 bits per heavy atom. The predicted molar refractivity (Wildman–Crippen MR) is 76.2 cm³/mol. The lowest BCUT2D eigenvalue weighted by Gasteiger charge is -2.18. The van der Waals surface area contributed by atoms with E-state index in [-0.39, 0.29) is 0 Å². The number of aliphatic hydroxyl groups is 1. The summed E-state index contributed by atoms with van der Waals surface area (Å²) in [4.78, 5) is 6.43. The van der Waals surface area contributed by atoms with Crippen molar-refractivity contribution in [1.82, 2.24) is 9.88 Å². The zero-order valence-corrected chi connectivity index (χ0v) is 11.8. The number of hydrogen-bond donors (Lipinski definition) is 1. The summed E-state index contributed by atoms with van der Waals surface area (Å²) in [5, 5.41) is 9.67. The summed E-state index contributed by atoms with van der Waals surface area (Å²) in [6, 6.07) is 9.78. The van der Waals surface area contributed by atoms with Gasteiger partial charge in [0.25, 0.3) is 0 Å². The van der Waals surface area contributed by atoms with Crippen molar-refractivity contribution < 1.29 is 14.3 Å². The fraction of sp³-hybridized carbons (Fsp3) is 0.400. The van der Waals surface area contributed by atoms with Crippen LogP contribution in [-0.4, -0.2) is 48.4 Å². The standard InChI is InChI=1S/C15H20N2O3/c1-17(9-14(18)11-19-2)8-13-10-20-15(16-13)12-6-4-3-5-7-12/h3-7,10,14,18H,8-9,11H2,1-2H3. The van der Waals surface area contributed by atoms with Gasteiger partial charge < -0.3 is 14.3 Å². The van der Waals surface area contributed by atoms with Crippen molar-refractivity contribution in [3.63, 3.8) is 0 Å². The third-order valence-electron chi connectivity index (χ3n) is 2.89. The Balaban J connectivity index is 1.93. The van der Waals surface area contributed by atoms with E-state index in [2.05, 4.69) is 4.98 Å². The highest BCUT2D eigenvalue weighted by atomic mass is 16.5. The molecule has 1 N–H and O–H groups in total. The molecule has 1 aromatic carbocycles. The number of methoxy groups -OCH3 is 1. The number of hydrogen-bond acceptors (Lipinski definition) is 5. The first-order valence-corrected chi connectivity index (χ1v) is 6.54. The van der Waals surface area contributed by atoms with E-state index in [1.807, 2.05) is 42.3 Å². The fourth-order valence-corrected chi connectivity index (χ4v) is 2.04. The number of nitrogens with zero attached hydrogens (tertiary/aromatic N) is 2. The molecule has 2 rings (SSSR count). The number of likely N-dealkylation sites (N-methyl/N-ethyl adjacent to an activating group) is 1. The average molecular weight is 276 g/mol. The summed E-state index contributed by atoms with van der Waals surface area (Å²) in [5.74, 6) is 0.617. The van der Waals surface area contributed by atoms with E-state index in [0.29, 0.717) is 25.6 Å². The minimum absolute atomic E-state index is 0.332. The SMILES string of the molecule is COCC(O)CN(C)Cc1coc(-c2ccccc2)n1. The van der Waals surface area contributed by atoms with E-state index in [9.17, 15) is 5.11 Å². The van der Waals surface area contributed by atoms with Gasteiger partial charge in [0.05, 0.1) is 18.4 Å². The van der Waals surface area contributed by atoms with Crippen molar-refractivity contribution in [2.24, 2.45) is 0 Å². The Hall–Kier alpha value is -1.69. The topological polar surface area (TPSA) is 58.7 Å². The Morgan fingerprint density at radius 2 is 2.10 bits per heavy atom. The maximum atomic E-state index is 9.67. The molecule has 0 amide bonds. The molecule has 0 aliphatic heterocycles. The molecule has 2 aromatic rings. The zero-order chi connectivity index (χ0) is 14.4. The first-order valence-electron chi connectivity index (χ1n) is 6.54. The smallest absolute Gasteiger partial charge is 0.226 e. The second-order valence-electron chi connectivity index (χ2n) is 4.82. The summed E-state index contributed by atoms with van der Waals surface area (Å²) in [7, 11) is 3.50. The van der Waals surface area contributed by atoms with Gasteiger partial charge in [0.15, 0.2) is 0 Å². The van der Waals surface area contributed by atoms with E-state index in [0.717, 1.165) is 11.3 Å². The lowest BCUT2D eigenvalue weighted by atomic mass is 10.2.